The Kier molecular flexibility index (Phi) is 7.13. The first-order chi connectivity index (χ1) is 28.2. The first-order valence-corrected chi connectivity index (χ1v) is 20.2. The van der Waals surface area contributed by atoms with Gasteiger partial charge in [0.25, 0.3) is 0 Å². The zero-order chi connectivity index (χ0) is 37.5. The lowest BCUT2D eigenvalue weighted by Crippen LogP contribution is -1.96. The van der Waals surface area contributed by atoms with E-state index >= 15 is 0 Å². The second-order valence-electron chi connectivity index (χ2n) is 14.9. The van der Waals surface area contributed by atoms with Gasteiger partial charge in [-0.3, -0.25) is 0 Å². The zero-order valence-electron chi connectivity index (χ0n) is 30.8. The Balaban J connectivity index is 1.11. The van der Waals surface area contributed by atoms with Crippen LogP contribution >= 0.6 is 11.3 Å². The molecule has 2 nitrogen and oxygen atoms in total. The molecule has 0 unspecified atom stereocenters. The summed E-state index contributed by atoms with van der Waals surface area (Å²) in [5.74, 6) is 0. The number of rotatable bonds is 4. The molecule has 0 bridgehead atoms. The molecule has 3 heteroatoms. The molecule has 0 aliphatic rings. The molecule has 0 fully saturated rings. The van der Waals surface area contributed by atoms with Crippen LogP contribution < -0.4 is 0 Å². The third-order valence-corrected chi connectivity index (χ3v) is 12.7. The maximum absolute atomic E-state index is 5.69. The van der Waals surface area contributed by atoms with E-state index in [-0.39, 0.29) is 0 Å². The summed E-state index contributed by atoms with van der Waals surface area (Å²) in [5.41, 5.74) is 9.76. The Morgan fingerprint density at radius 2 is 0.754 bits per heavy atom. The molecular formula is C54H32N2S. The minimum absolute atomic E-state index is 0.893. The normalized spacial score (nSPS) is 11.9. The van der Waals surface area contributed by atoms with Crippen molar-refractivity contribution in [3.8, 4) is 44.8 Å². The Bertz CT molecular complexity index is 3590. The first-order valence-electron chi connectivity index (χ1n) is 19.4. The van der Waals surface area contributed by atoms with Crippen molar-refractivity contribution in [3.05, 3.63) is 194 Å². The molecule has 57 heavy (non-hydrogen) atoms. The van der Waals surface area contributed by atoms with E-state index in [0.29, 0.717) is 0 Å². The third-order valence-electron chi connectivity index (χ3n) is 11.7. The molecule has 0 aliphatic carbocycles. The van der Waals surface area contributed by atoms with Gasteiger partial charge in [-0.05, 0) is 94.3 Å². The van der Waals surface area contributed by atoms with Gasteiger partial charge in [0.05, 0.1) is 11.4 Å². The van der Waals surface area contributed by atoms with Crippen LogP contribution in [0.1, 0.15) is 0 Å². The van der Waals surface area contributed by atoms with Crippen molar-refractivity contribution >= 4 is 85.6 Å². The van der Waals surface area contributed by atoms with Crippen molar-refractivity contribution in [2.24, 2.45) is 0 Å². The van der Waals surface area contributed by atoms with Gasteiger partial charge in [0, 0.05) is 21.2 Å². The maximum Gasteiger partial charge on any atom is 0.143 e. The molecule has 0 radical (unpaired) electrons. The van der Waals surface area contributed by atoms with E-state index in [1.807, 2.05) is 0 Å². The Hall–Kier alpha value is -7.20. The highest BCUT2D eigenvalue weighted by molar-refractivity contribution is 7.25. The van der Waals surface area contributed by atoms with Gasteiger partial charge in [0.1, 0.15) is 10.3 Å². The quantitative estimate of drug-likeness (QED) is 0.180. The van der Waals surface area contributed by atoms with Crippen LogP contribution in [0.5, 0.6) is 0 Å². The molecule has 0 atom stereocenters. The second kappa shape index (κ2) is 12.7. The van der Waals surface area contributed by atoms with Gasteiger partial charge in [-0.2, -0.15) is 0 Å². The monoisotopic (exact) mass is 740 g/mol. The molecule has 0 aliphatic heterocycles. The molecule has 12 rings (SSSR count). The van der Waals surface area contributed by atoms with E-state index in [0.717, 1.165) is 43.6 Å². The van der Waals surface area contributed by atoms with Crippen LogP contribution in [0.4, 0.5) is 0 Å². The smallest absolute Gasteiger partial charge is 0.143 e. The summed E-state index contributed by atoms with van der Waals surface area (Å²) in [7, 11) is 0. The maximum atomic E-state index is 5.69. The van der Waals surface area contributed by atoms with E-state index in [9.17, 15) is 0 Å². The number of hydrogen-bond acceptors (Lipinski definition) is 3. The molecule has 0 amide bonds. The summed E-state index contributed by atoms with van der Waals surface area (Å²) < 4.78 is 1.20. The molecule has 264 valence electrons. The van der Waals surface area contributed by atoms with Gasteiger partial charge in [-0.25, -0.2) is 9.97 Å². The molecule has 0 spiro atoms. The van der Waals surface area contributed by atoms with E-state index in [1.165, 1.54) is 75.4 Å². The largest absolute Gasteiger partial charge is 0.242 e. The van der Waals surface area contributed by atoms with E-state index < -0.39 is 0 Å². The van der Waals surface area contributed by atoms with Crippen molar-refractivity contribution in [2.45, 2.75) is 0 Å². The van der Waals surface area contributed by atoms with Crippen molar-refractivity contribution in [2.75, 3.05) is 0 Å². The second-order valence-corrected chi connectivity index (χ2v) is 15.9. The van der Waals surface area contributed by atoms with Crippen LogP contribution in [0.15, 0.2) is 194 Å². The number of fused-ring (bicyclic) bond motifs is 9. The van der Waals surface area contributed by atoms with Crippen LogP contribution in [-0.2, 0) is 0 Å². The number of thiophene rings is 1. The molecular weight excluding hydrogens is 709 g/mol. The average molecular weight is 741 g/mol. The standard InChI is InChI=1S/C54H32N2S/c1-4-18-40-33(11-1)14-7-21-42(40)38-25-28-44-36(31-38)16-9-23-47(44)51-52(56-54-53(55-51)50-46-20-6-3-13-35(46)27-30-49(50)57-54)48-24-10-17-37-32-39(26-29-45(37)48)43-22-8-15-34-12-2-5-19-41(34)43/h1-32H. The number of benzene rings is 10. The minimum Gasteiger partial charge on any atom is -0.242 e. The van der Waals surface area contributed by atoms with Gasteiger partial charge in [0.2, 0.25) is 0 Å². The van der Waals surface area contributed by atoms with E-state index in [2.05, 4.69) is 194 Å². The fourth-order valence-electron chi connectivity index (χ4n) is 8.98. The summed E-state index contributed by atoms with van der Waals surface area (Å²) in [4.78, 5) is 12.2. The van der Waals surface area contributed by atoms with Gasteiger partial charge in [-0.15, -0.1) is 11.3 Å². The highest BCUT2D eigenvalue weighted by atomic mass is 32.1. The van der Waals surface area contributed by atoms with E-state index in [4.69, 9.17) is 9.97 Å². The molecule has 2 heterocycles. The molecule has 10 aromatic carbocycles. The lowest BCUT2D eigenvalue weighted by atomic mass is 9.91. The fourth-order valence-corrected chi connectivity index (χ4v) is 10.0. The Morgan fingerprint density at radius 3 is 1.33 bits per heavy atom. The summed E-state index contributed by atoms with van der Waals surface area (Å²) in [6, 6.07) is 70.4. The third kappa shape index (κ3) is 5.10. The Labute approximate surface area is 333 Å². The predicted octanol–water partition coefficient (Wildman–Crippen LogP) is 15.3. The van der Waals surface area contributed by atoms with Crippen molar-refractivity contribution in [1.82, 2.24) is 9.97 Å². The summed E-state index contributed by atoms with van der Waals surface area (Å²) in [6.45, 7) is 0. The van der Waals surface area contributed by atoms with E-state index in [1.54, 1.807) is 11.3 Å². The molecule has 0 N–H and O–H groups in total. The molecule has 0 saturated heterocycles. The molecule has 2 aromatic heterocycles. The van der Waals surface area contributed by atoms with Crippen LogP contribution in [0.3, 0.4) is 0 Å². The fraction of sp³-hybridized carbons (Fsp3) is 0. The summed E-state index contributed by atoms with van der Waals surface area (Å²) in [5, 5.41) is 13.2. The zero-order valence-corrected chi connectivity index (χ0v) is 31.6. The van der Waals surface area contributed by atoms with Gasteiger partial charge >= 0.3 is 0 Å². The van der Waals surface area contributed by atoms with Gasteiger partial charge < -0.3 is 0 Å². The van der Waals surface area contributed by atoms with Crippen LogP contribution in [0, 0.1) is 0 Å². The van der Waals surface area contributed by atoms with Crippen LogP contribution in [-0.4, -0.2) is 9.97 Å². The lowest BCUT2D eigenvalue weighted by molar-refractivity contribution is 1.33. The van der Waals surface area contributed by atoms with Gasteiger partial charge in [0.15, 0.2) is 0 Å². The van der Waals surface area contributed by atoms with Crippen LogP contribution in [0.2, 0.25) is 0 Å². The first kappa shape index (κ1) is 32.1. The van der Waals surface area contributed by atoms with Crippen molar-refractivity contribution < 1.29 is 0 Å². The highest BCUT2D eigenvalue weighted by Gasteiger charge is 2.21. The summed E-state index contributed by atoms with van der Waals surface area (Å²) >= 11 is 1.73. The van der Waals surface area contributed by atoms with Crippen molar-refractivity contribution in [3.63, 3.8) is 0 Å². The molecule has 0 saturated carbocycles. The Morgan fingerprint density at radius 1 is 0.316 bits per heavy atom. The number of hydrogen-bond donors (Lipinski definition) is 0. The predicted molar refractivity (Wildman–Crippen MR) is 244 cm³/mol. The molecule has 12 aromatic rings. The van der Waals surface area contributed by atoms with Crippen LogP contribution in [0.25, 0.3) is 119 Å². The number of aromatic nitrogens is 2. The summed E-state index contributed by atoms with van der Waals surface area (Å²) in [6.07, 6.45) is 0. The van der Waals surface area contributed by atoms with Crippen molar-refractivity contribution in [1.29, 1.82) is 0 Å². The number of nitrogens with zero attached hydrogens (tertiary/aromatic N) is 2. The highest BCUT2D eigenvalue weighted by Crippen LogP contribution is 2.44. The lowest BCUT2D eigenvalue weighted by Gasteiger charge is -2.15. The average Bonchev–Trinajstić information content (AvgIpc) is 3.65. The topological polar surface area (TPSA) is 25.8 Å². The minimum atomic E-state index is 0.893. The SMILES string of the molecule is c1ccc2c(-c3ccc4c(-c5nc6sc7ccc8ccccc8c7c6nc5-c5cccc6cc(-c7cccc8ccccc78)ccc56)cccc4c3)cccc2c1. The van der Waals surface area contributed by atoms with Gasteiger partial charge in [-0.1, -0.05) is 176 Å².